The number of aromatic amines is 1. The summed E-state index contributed by atoms with van der Waals surface area (Å²) in [6, 6.07) is 12.8. The van der Waals surface area contributed by atoms with Crippen molar-refractivity contribution in [1.82, 2.24) is 9.66 Å². The minimum absolute atomic E-state index is 0.0233. The first-order chi connectivity index (χ1) is 10.9. The summed E-state index contributed by atoms with van der Waals surface area (Å²) in [5, 5.41) is 0.333. The number of aromatic nitrogens is 2. The van der Waals surface area contributed by atoms with Crippen LogP contribution >= 0.6 is 28.1 Å². The first-order valence-electron chi connectivity index (χ1n) is 6.41. The second kappa shape index (κ2) is 5.91. The Morgan fingerprint density at radius 1 is 1.09 bits per heavy atom. The number of sulfonamides is 1. The number of hydrogen-bond acceptors (Lipinski definition) is 4. The van der Waals surface area contributed by atoms with E-state index in [1.807, 2.05) is 0 Å². The SMILES string of the molecule is O=c1c2ccccc2[nH]c(=S)n1NS(=O)(=O)c1ccc(Br)cc1. The van der Waals surface area contributed by atoms with E-state index < -0.39 is 15.6 Å². The molecule has 0 fully saturated rings. The summed E-state index contributed by atoms with van der Waals surface area (Å²) in [5.74, 6) is 0. The fourth-order valence-electron chi connectivity index (χ4n) is 2.03. The highest BCUT2D eigenvalue weighted by atomic mass is 79.9. The molecule has 0 aliphatic rings. The molecule has 1 aromatic heterocycles. The van der Waals surface area contributed by atoms with Crippen molar-refractivity contribution in [3.05, 3.63) is 68.1 Å². The Bertz CT molecular complexity index is 1100. The summed E-state index contributed by atoms with van der Waals surface area (Å²) in [7, 11) is -3.94. The lowest BCUT2D eigenvalue weighted by molar-refractivity contribution is 0.593. The number of hydrogen-bond donors (Lipinski definition) is 2. The second-order valence-corrected chi connectivity index (χ2v) is 7.63. The van der Waals surface area contributed by atoms with Gasteiger partial charge in [-0.2, -0.15) is 13.1 Å². The van der Waals surface area contributed by atoms with Gasteiger partial charge in [-0.05, 0) is 48.6 Å². The van der Waals surface area contributed by atoms with Crippen LogP contribution in [-0.2, 0) is 10.0 Å². The van der Waals surface area contributed by atoms with Gasteiger partial charge in [-0.1, -0.05) is 28.1 Å². The predicted octanol–water partition coefficient (Wildman–Crippen LogP) is 2.75. The van der Waals surface area contributed by atoms with Crippen molar-refractivity contribution in [3.63, 3.8) is 0 Å². The third kappa shape index (κ3) is 3.07. The van der Waals surface area contributed by atoms with Gasteiger partial charge in [0.1, 0.15) is 0 Å². The molecule has 0 aliphatic carbocycles. The second-order valence-electron chi connectivity index (χ2n) is 4.66. The smallest absolute Gasteiger partial charge is 0.281 e. The van der Waals surface area contributed by atoms with E-state index in [9.17, 15) is 13.2 Å². The maximum atomic E-state index is 12.5. The Morgan fingerprint density at radius 3 is 2.43 bits per heavy atom. The summed E-state index contributed by atoms with van der Waals surface area (Å²) in [6.45, 7) is 0. The zero-order chi connectivity index (χ0) is 16.6. The molecule has 0 saturated heterocycles. The molecule has 0 spiro atoms. The number of H-pyrrole nitrogens is 1. The van der Waals surface area contributed by atoms with Crippen LogP contribution in [0.4, 0.5) is 0 Å². The van der Waals surface area contributed by atoms with Crippen LogP contribution in [0.3, 0.4) is 0 Å². The lowest BCUT2D eigenvalue weighted by Crippen LogP contribution is -2.34. The zero-order valence-corrected chi connectivity index (χ0v) is 14.7. The van der Waals surface area contributed by atoms with Crippen LogP contribution in [0.5, 0.6) is 0 Å². The Labute approximate surface area is 144 Å². The van der Waals surface area contributed by atoms with Crippen LogP contribution in [0.15, 0.2) is 62.7 Å². The van der Waals surface area contributed by atoms with Gasteiger partial charge >= 0.3 is 0 Å². The van der Waals surface area contributed by atoms with Gasteiger partial charge in [0.05, 0.1) is 15.8 Å². The minimum atomic E-state index is -3.94. The minimum Gasteiger partial charge on any atom is -0.330 e. The van der Waals surface area contributed by atoms with Gasteiger partial charge < -0.3 is 4.98 Å². The standard InChI is InChI=1S/C14H10BrN3O3S2/c15-9-5-7-10(8-6-9)23(20,21)17-18-13(19)11-3-1-2-4-12(11)16-14(18)22/h1-8,17H,(H,16,22). The Balaban J connectivity index is 2.13. The molecule has 3 rings (SSSR count). The summed E-state index contributed by atoms with van der Waals surface area (Å²) in [4.78, 5) is 17.5. The fourth-order valence-corrected chi connectivity index (χ4v) is 3.61. The molecule has 2 N–H and O–H groups in total. The van der Waals surface area contributed by atoms with Gasteiger partial charge in [0.25, 0.3) is 15.6 Å². The lowest BCUT2D eigenvalue weighted by atomic mass is 10.2. The van der Waals surface area contributed by atoms with E-state index in [1.165, 1.54) is 12.1 Å². The van der Waals surface area contributed by atoms with Gasteiger partial charge in [-0.3, -0.25) is 4.79 Å². The molecule has 2 aromatic carbocycles. The average Bonchev–Trinajstić information content (AvgIpc) is 2.52. The van der Waals surface area contributed by atoms with E-state index in [2.05, 4.69) is 25.7 Å². The van der Waals surface area contributed by atoms with Crippen molar-refractivity contribution in [1.29, 1.82) is 0 Å². The number of benzene rings is 2. The maximum absolute atomic E-state index is 12.5. The van der Waals surface area contributed by atoms with Crippen LogP contribution in [0.1, 0.15) is 0 Å². The molecular formula is C14H10BrN3O3S2. The van der Waals surface area contributed by atoms with Crippen LogP contribution in [0.25, 0.3) is 10.9 Å². The van der Waals surface area contributed by atoms with Crippen LogP contribution in [0, 0.1) is 4.77 Å². The predicted molar refractivity (Wildman–Crippen MR) is 94.1 cm³/mol. The topological polar surface area (TPSA) is 84.0 Å². The highest BCUT2D eigenvalue weighted by Gasteiger charge is 2.16. The molecule has 0 radical (unpaired) electrons. The number of nitrogens with zero attached hydrogens (tertiary/aromatic N) is 1. The number of para-hydroxylation sites is 1. The number of rotatable bonds is 3. The molecule has 118 valence electrons. The molecule has 23 heavy (non-hydrogen) atoms. The Morgan fingerprint density at radius 2 is 1.74 bits per heavy atom. The van der Waals surface area contributed by atoms with Crippen molar-refractivity contribution in [3.8, 4) is 0 Å². The molecule has 9 heteroatoms. The molecule has 0 unspecified atom stereocenters. The Kier molecular flexibility index (Phi) is 4.09. The number of halogens is 1. The molecule has 6 nitrogen and oxygen atoms in total. The van der Waals surface area contributed by atoms with Gasteiger partial charge in [0, 0.05) is 4.47 Å². The molecule has 0 atom stereocenters. The Hall–Kier alpha value is -1.97. The van der Waals surface area contributed by atoms with Crippen LogP contribution in [0.2, 0.25) is 0 Å². The normalized spacial score (nSPS) is 11.5. The van der Waals surface area contributed by atoms with Gasteiger partial charge in [0.2, 0.25) is 4.77 Å². The molecule has 0 saturated carbocycles. The zero-order valence-electron chi connectivity index (χ0n) is 11.5. The fraction of sp³-hybridized carbons (Fsp3) is 0. The van der Waals surface area contributed by atoms with E-state index in [1.54, 1.807) is 36.4 Å². The van der Waals surface area contributed by atoms with Crippen LogP contribution < -0.4 is 10.4 Å². The molecule has 0 bridgehead atoms. The quantitative estimate of drug-likeness (QED) is 0.648. The number of nitrogens with one attached hydrogen (secondary N) is 2. The molecule has 3 aromatic rings. The van der Waals surface area contributed by atoms with Crippen molar-refractivity contribution in [2.75, 3.05) is 4.83 Å². The molecule has 0 aliphatic heterocycles. The van der Waals surface area contributed by atoms with E-state index in [4.69, 9.17) is 12.2 Å². The van der Waals surface area contributed by atoms with Crippen molar-refractivity contribution < 1.29 is 8.42 Å². The first kappa shape index (κ1) is 15.9. The van der Waals surface area contributed by atoms with E-state index in [0.29, 0.717) is 10.9 Å². The van der Waals surface area contributed by atoms with E-state index >= 15 is 0 Å². The van der Waals surface area contributed by atoms with Gasteiger partial charge in [-0.15, -0.1) is 0 Å². The van der Waals surface area contributed by atoms with Crippen molar-refractivity contribution >= 4 is 49.1 Å². The van der Waals surface area contributed by atoms with E-state index in [-0.39, 0.29) is 9.67 Å². The molecule has 1 heterocycles. The largest absolute Gasteiger partial charge is 0.330 e. The third-order valence-corrected chi connectivity index (χ3v) is 5.27. The monoisotopic (exact) mass is 411 g/mol. The summed E-state index contributed by atoms with van der Waals surface area (Å²) in [6.07, 6.45) is 0. The molecule has 0 amide bonds. The lowest BCUT2D eigenvalue weighted by Gasteiger charge is -2.11. The average molecular weight is 412 g/mol. The number of fused-ring (bicyclic) bond motifs is 1. The van der Waals surface area contributed by atoms with E-state index in [0.717, 1.165) is 9.15 Å². The highest BCUT2D eigenvalue weighted by molar-refractivity contribution is 9.10. The summed E-state index contributed by atoms with van der Waals surface area (Å²) in [5.41, 5.74) is 0.00614. The van der Waals surface area contributed by atoms with Crippen LogP contribution in [-0.4, -0.2) is 18.1 Å². The third-order valence-electron chi connectivity index (χ3n) is 3.14. The highest BCUT2D eigenvalue weighted by Crippen LogP contribution is 2.15. The summed E-state index contributed by atoms with van der Waals surface area (Å²) >= 11 is 8.32. The van der Waals surface area contributed by atoms with Crippen molar-refractivity contribution in [2.24, 2.45) is 0 Å². The van der Waals surface area contributed by atoms with Gasteiger partial charge in [0.15, 0.2) is 0 Å². The summed E-state index contributed by atoms with van der Waals surface area (Å²) < 4.78 is 26.3. The maximum Gasteiger partial charge on any atom is 0.281 e. The first-order valence-corrected chi connectivity index (χ1v) is 9.09. The molecular weight excluding hydrogens is 402 g/mol. The van der Waals surface area contributed by atoms with Gasteiger partial charge in [-0.25, -0.2) is 4.83 Å². The van der Waals surface area contributed by atoms with Crippen molar-refractivity contribution in [2.45, 2.75) is 4.90 Å².